The first-order chi connectivity index (χ1) is 19.6. The number of hydrogen-bond acceptors (Lipinski definition) is 5. The average molecular weight is 549 g/mol. The first kappa shape index (κ1) is 26.9. The van der Waals surface area contributed by atoms with Crippen molar-refractivity contribution in [3.05, 3.63) is 75.4 Å². The summed E-state index contributed by atoms with van der Waals surface area (Å²) in [5.74, 6) is -1.70. The number of carbonyl (C=O) groups is 2. The van der Waals surface area contributed by atoms with E-state index in [4.69, 9.17) is 14.7 Å². The Labute approximate surface area is 239 Å². The third-order valence-electron chi connectivity index (χ3n) is 9.35. The number of ketones is 1. The molecule has 5 heterocycles. The highest BCUT2D eigenvalue weighted by atomic mass is 16.5. The Morgan fingerprint density at radius 2 is 1.73 bits per heavy atom. The lowest BCUT2D eigenvalue weighted by Gasteiger charge is -2.17. The number of rotatable bonds is 4. The molecule has 0 radical (unpaired) electrons. The molecular formula is C34H36N4O3. The zero-order valence-corrected chi connectivity index (χ0v) is 24.8. The Balaban J connectivity index is 1.85. The molecule has 0 saturated heterocycles. The summed E-state index contributed by atoms with van der Waals surface area (Å²) in [5.41, 5.74) is 13.3. The van der Waals surface area contributed by atoms with Gasteiger partial charge >= 0.3 is 5.97 Å². The Bertz CT molecular complexity index is 1870. The monoisotopic (exact) mass is 548 g/mol. The van der Waals surface area contributed by atoms with Crippen molar-refractivity contribution in [2.45, 2.75) is 72.1 Å². The van der Waals surface area contributed by atoms with Crippen LogP contribution < -0.4 is 0 Å². The van der Waals surface area contributed by atoms with Gasteiger partial charge < -0.3 is 14.7 Å². The van der Waals surface area contributed by atoms with E-state index in [0.29, 0.717) is 16.6 Å². The van der Waals surface area contributed by atoms with Gasteiger partial charge in [-0.15, -0.1) is 0 Å². The van der Waals surface area contributed by atoms with Crippen LogP contribution in [0.15, 0.2) is 24.8 Å². The minimum absolute atomic E-state index is 0.0438. The number of aromatic nitrogens is 4. The number of carbonyl (C=O) groups excluding carboxylic acids is 2. The molecule has 3 atom stereocenters. The van der Waals surface area contributed by atoms with Crippen LogP contribution >= 0.6 is 0 Å². The predicted octanol–water partition coefficient (Wildman–Crippen LogP) is 7.67. The summed E-state index contributed by atoms with van der Waals surface area (Å²) < 4.78 is 5.16. The molecule has 0 amide bonds. The fourth-order valence-corrected chi connectivity index (χ4v) is 6.97. The molecule has 8 bridgehead atoms. The van der Waals surface area contributed by atoms with Crippen LogP contribution in [-0.4, -0.2) is 38.8 Å². The van der Waals surface area contributed by atoms with Gasteiger partial charge in [0, 0.05) is 50.8 Å². The third-order valence-corrected chi connectivity index (χ3v) is 9.35. The second kappa shape index (κ2) is 9.68. The lowest BCUT2D eigenvalue weighted by atomic mass is 9.85. The maximum atomic E-state index is 13.9. The fourth-order valence-electron chi connectivity index (χ4n) is 6.97. The van der Waals surface area contributed by atoms with Gasteiger partial charge in [-0.25, -0.2) is 4.98 Å². The summed E-state index contributed by atoms with van der Waals surface area (Å²) in [4.78, 5) is 44.4. The van der Waals surface area contributed by atoms with Crippen molar-refractivity contribution in [3.8, 4) is 0 Å². The number of fused-ring (bicyclic) bond motifs is 8. The lowest BCUT2D eigenvalue weighted by Crippen LogP contribution is -2.21. The number of nitrogens with zero attached hydrogens (tertiary/aromatic N) is 2. The minimum atomic E-state index is -1.04. The zero-order chi connectivity index (χ0) is 29.3. The lowest BCUT2D eigenvalue weighted by molar-refractivity contribution is -0.141. The Hall–Kier alpha value is -4.26. The van der Waals surface area contributed by atoms with Crippen molar-refractivity contribution >= 4 is 51.0 Å². The molecule has 3 aromatic rings. The summed E-state index contributed by atoms with van der Waals surface area (Å²) >= 11 is 0. The van der Waals surface area contributed by atoms with Crippen molar-refractivity contribution in [1.29, 1.82) is 0 Å². The van der Waals surface area contributed by atoms with Crippen molar-refractivity contribution in [2.24, 2.45) is 0 Å². The summed E-state index contributed by atoms with van der Waals surface area (Å²) in [6, 6.07) is 6.23. The highest BCUT2D eigenvalue weighted by Crippen LogP contribution is 2.47. The number of aryl methyl sites for hydroxylation is 2. The molecule has 2 N–H and O–H groups in total. The molecule has 3 aliphatic rings. The number of esters is 1. The van der Waals surface area contributed by atoms with Crippen LogP contribution in [0.3, 0.4) is 0 Å². The Kier molecular flexibility index (Phi) is 6.36. The van der Waals surface area contributed by atoms with Gasteiger partial charge in [-0.1, -0.05) is 33.4 Å². The van der Waals surface area contributed by atoms with Crippen LogP contribution in [0.2, 0.25) is 0 Å². The first-order valence-electron chi connectivity index (χ1n) is 14.4. The highest BCUT2D eigenvalue weighted by Gasteiger charge is 2.45. The topological polar surface area (TPSA) is 101 Å². The quantitative estimate of drug-likeness (QED) is 0.257. The maximum Gasteiger partial charge on any atom is 0.321 e. The number of ether oxygens (including phenoxy) is 1. The van der Waals surface area contributed by atoms with Gasteiger partial charge in [0.2, 0.25) is 0 Å². The van der Waals surface area contributed by atoms with Crippen LogP contribution in [0.25, 0.3) is 39.3 Å². The zero-order valence-electron chi connectivity index (χ0n) is 24.8. The number of Topliss-reactive ketones (excluding diaryl/α,β-unsaturated/α-hetero) is 1. The number of nitrogens with one attached hydrogen (secondary N) is 2. The molecule has 0 unspecified atom stereocenters. The first-order valence-corrected chi connectivity index (χ1v) is 14.4. The van der Waals surface area contributed by atoms with E-state index in [9.17, 15) is 9.59 Å². The molecule has 41 heavy (non-hydrogen) atoms. The number of methoxy groups -OCH3 is 1. The molecule has 7 nitrogen and oxygen atoms in total. The third kappa shape index (κ3) is 3.78. The van der Waals surface area contributed by atoms with Crippen molar-refractivity contribution in [2.75, 3.05) is 7.11 Å². The standard InChI is InChI=1S/C34H36N4O3/c1-9-19-15(4)22-12-24-17(6)21(11-3)31(37-24)29-30(34(40)41-8)33(39)28-18(7)25(38-32(28)29)14-27-20(10-2)16(5)23(36-27)13-26(19)35-22/h9,12-14,17,21,30,35,38H,1,10-11H2,2-8H3/t17-,21-,30+/m0/s1. The van der Waals surface area contributed by atoms with E-state index in [-0.39, 0.29) is 17.6 Å². The van der Waals surface area contributed by atoms with E-state index in [0.717, 1.165) is 80.0 Å². The highest BCUT2D eigenvalue weighted by molar-refractivity contribution is 6.23. The van der Waals surface area contributed by atoms with Gasteiger partial charge in [0.1, 0.15) is 5.92 Å². The van der Waals surface area contributed by atoms with Crippen molar-refractivity contribution in [1.82, 2.24) is 19.9 Å². The average Bonchev–Trinajstić information content (AvgIpc) is 3.69. The number of hydrogen-bond donors (Lipinski definition) is 2. The Morgan fingerprint density at radius 1 is 1.02 bits per heavy atom. The SMILES string of the molecule is C=Cc1c(C)c2cc3nc(c4c5[nH]c(cc6nc(cc1[nH]2)C(C)=C6CC)c(C)c5C(=O)[C@@H]4C(=O)OC)[C@@H](CC)[C@@H]3C. The molecule has 7 heteroatoms. The van der Waals surface area contributed by atoms with Crippen molar-refractivity contribution in [3.63, 3.8) is 0 Å². The van der Waals surface area contributed by atoms with E-state index in [1.165, 1.54) is 7.11 Å². The molecule has 1 aliphatic carbocycles. The molecular weight excluding hydrogens is 512 g/mol. The van der Waals surface area contributed by atoms with Gasteiger partial charge in [-0.3, -0.25) is 14.6 Å². The van der Waals surface area contributed by atoms with Crippen LogP contribution in [0.4, 0.5) is 0 Å². The van der Waals surface area contributed by atoms with Gasteiger partial charge in [-0.05, 0) is 74.1 Å². The normalized spacial score (nSPS) is 19.7. The predicted molar refractivity (Wildman–Crippen MR) is 164 cm³/mol. The number of aromatic amines is 2. The molecule has 2 aliphatic heterocycles. The second-order valence-corrected chi connectivity index (χ2v) is 11.3. The van der Waals surface area contributed by atoms with Crippen LogP contribution in [0, 0.1) is 13.8 Å². The van der Waals surface area contributed by atoms with E-state index in [2.05, 4.69) is 63.3 Å². The fraction of sp³-hybridized carbons (Fsp3) is 0.353. The molecule has 210 valence electrons. The molecule has 6 rings (SSSR count). The van der Waals surface area contributed by atoms with E-state index in [1.807, 2.05) is 19.1 Å². The molecule has 0 fully saturated rings. The number of allylic oxidation sites excluding steroid dienone is 2. The van der Waals surface area contributed by atoms with Crippen LogP contribution in [-0.2, 0) is 9.53 Å². The summed E-state index contributed by atoms with van der Waals surface area (Å²) in [7, 11) is 1.33. The smallest absolute Gasteiger partial charge is 0.321 e. The summed E-state index contributed by atoms with van der Waals surface area (Å²) in [6.07, 6.45) is 3.52. The summed E-state index contributed by atoms with van der Waals surface area (Å²) in [5, 5.41) is 0. The van der Waals surface area contributed by atoms with E-state index < -0.39 is 11.9 Å². The van der Waals surface area contributed by atoms with Gasteiger partial charge in [0.15, 0.2) is 5.78 Å². The van der Waals surface area contributed by atoms with E-state index in [1.54, 1.807) is 0 Å². The maximum absolute atomic E-state index is 13.9. The summed E-state index contributed by atoms with van der Waals surface area (Å²) in [6.45, 7) is 16.6. The largest absolute Gasteiger partial charge is 0.468 e. The van der Waals surface area contributed by atoms with Crippen molar-refractivity contribution < 1.29 is 14.3 Å². The van der Waals surface area contributed by atoms with Gasteiger partial charge in [0.05, 0.1) is 29.7 Å². The second-order valence-electron chi connectivity index (χ2n) is 11.3. The minimum Gasteiger partial charge on any atom is -0.468 e. The molecule has 0 aromatic carbocycles. The van der Waals surface area contributed by atoms with Crippen LogP contribution in [0.5, 0.6) is 0 Å². The number of H-pyrrole nitrogens is 2. The Morgan fingerprint density at radius 3 is 2.39 bits per heavy atom. The van der Waals surface area contributed by atoms with Crippen LogP contribution in [0.1, 0.15) is 114 Å². The molecule has 0 spiro atoms. The molecule has 3 aromatic heterocycles. The van der Waals surface area contributed by atoms with E-state index >= 15 is 0 Å². The van der Waals surface area contributed by atoms with Gasteiger partial charge in [-0.2, -0.15) is 0 Å². The van der Waals surface area contributed by atoms with Gasteiger partial charge in [0.25, 0.3) is 0 Å². The molecule has 0 saturated carbocycles.